The molecule has 0 bridgehead atoms. The first-order valence-electron chi connectivity index (χ1n) is 15.6. The molecule has 0 saturated carbocycles. The zero-order valence-corrected chi connectivity index (χ0v) is 26.2. The van der Waals surface area contributed by atoms with Gasteiger partial charge in [0.2, 0.25) is 0 Å². The van der Waals surface area contributed by atoms with Crippen LogP contribution in [0.2, 0.25) is 0 Å². The molecule has 13 heteroatoms. The van der Waals surface area contributed by atoms with Gasteiger partial charge in [-0.1, -0.05) is 77.9 Å². The first-order chi connectivity index (χ1) is 23.7. The van der Waals surface area contributed by atoms with Gasteiger partial charge in [-0.05, 0) is 89.1 Å². The molecule has 0 radical (unpaired) electrons. The molecule has 10 nitrogen and oxygen atoms in total. The Morgan fingerprint density at radius 1 is 0.878 bits per heavy atom. The number of hydrogen-bond donors (Lipinski definition) is 3. The summed E-state index contributed by atoms with van der Waals surface area (Å²) in [5.74, 6) is -0.712. The third-order valence-corrected chi connectivity index (χ3v) is 8.06. The van der Waals surface area contributed by atoms with Crippen molar-refractivity contribution < 1.29 is 27.5 Å². The lowest BCUT2D eigenvalue weighted by Gasteiger charge is -2.25. The van der Waals surface area contributed by atoms with Crippen molar-refractivity contribution in [1.29, 1.82) is 0 Å². The lowest BCUT2D eigenvalue weighted by atomic mass is 9.93. The molecule has 49 heavy (non-hydrogen) atoms. The number of benzene rings is 4. The number of ether oxygens (including phenoxy) is 1. The van der Waals surface area contributed by atoms with Crippen molar-refractivity contribution in [2.75, 3.05) is 10.2 Å². The highest BCUT2D eigenvalue weighted by Gasteiger charge is 2.32. The van der Waals surface area contributed by atoms with Crippen molar-refractivity contribution in [3.05, 3.63) is 125 Å². The minimum Gasteiger partial charge on any atom is -0.405 e. The summed E-state index contributed by atoms with van der Waals surface area (Å²) >= 11 is 0. The number of aromatic amines is 1. The topological polar surface area (TPSA) is 125 Å². The van der Waals surface area contributed by atoms with Crippen LogP contribution in [-0.2, 0) is 13.1 Å². The van der Waals surface area contributed by atoms with Gasteiger partial charge in [-0.15, -0.1) is 18.3 Å². The number of halogens is 3. The molecule has 1 aromatic heterocycles. The number of hydrogen-bond acceptors (Lipinski definition) is 6. The van der Waals surface area contributed by atoms with Gasteiger partial charge in [0.15, 0.2) is 0 Å². The van der Waals surface area contributed by atoms with E-state index in [-0.39, 0.29) is 30.4 Å². The van der Waals surface area contributed by atoms with Crippen molar-refractivity contribution in [2.45, 2.75) is 45.1 Å². The van der Waals surface area contributed by atoms with Crippen molar-refractivity contribution in [3.63, 3.8) is 0 Å². The molecule has 0 atom stereocenters. The molecule has 0 spiro atoms. The molecule has 0 fully saturated rings. The van der Waals surface area contributed by atoms with Crippen molar-refractivity contribution in [2.24, 2.45) is 0 Å². The molecular weight excluding hydrogens is 635 g/mol. The first kappa shape index (κ1) is 32.9. The van der Waals surface area contributed by atoms with Crippen LogP contribution in [0.5, 0.6) is 5.75 Å². The quantitative estimate of drug-likeness (QED) is 0.139. The number of urea groups is 1. The minimum atomic E-state index is -4.86. The average molecular weight is 668 g/mol. The third kappa shape index (κ3) is 8.49. The summed E-state index contributed by atoms with van der Waals surface area (Å²) in [6, 6.07) is 27.0. The van der Waals surface area contributed by atoms with Crippen LogP contribution in [-0.4, -0.2) is 38.9 Å². The largest absolute Gasteiger partial charge is 0.573 e. The molecule has 250 valence electrons. The molecule has 1 aliphatic rings. The van der Waals surface area contributed by atoms with Gasteiger partial charge in [0, 0.05) is 23.4 Å². The molecular formula is C36H32F3N7O3. The molecule has 6 rings (SSSR count). The molecule has 3 N–H and O–H groups in total. The third-order valence-electron chi connectivity index (χ3n) is 8.06. The Morgan fingerprint density at radius 3 is 2.31 bits per heavy atom. The van der Waals surface area contributed by atoms with E-state index < -0.39 is 18.3 Å². The van der Waals surface area contributed by atoms with E-state index in [0.29, 0.717) is 22.4 Å². The second-order valence-electron chi connectivity index (χ2n) is 11.4. The smallest absolute Gasteiger partial charge is 0.405 e. The second-order valence-corrected chi connectivity index (χ2v) is 11.4. The Kier molecular flexibility index (Phi) is 9.98. The van der Waals surface area contributed by atoms with E-state index in [0.717, 1.165) is 30.4 Å². The summed E-state index contributed by atoms with van der Waals surface area (Å²) < 4.78 is 43.8. The average Bonchev–Trinajstić information content (AvgIpc) is 3.63. The fourth-order valence-electron chi connectivity index (χ4n) is 5.68. The summed E-state index contributed by atoms with van der Waals surface area (Å²) in [6.07, 6.45) is 1.76. The number of H-pyrrole nitrogens is 1. The number of aromatic nitrogens is 4. The highest BCUT2D eigenvalue weighted by Crippen LogP contribution is 2.35. The molecule has 0 aliphatic heterocycles. The second kappa shape index (κ2) is 14.8. The van der Waals surface area contributed by atoms with E-state index in [1.807, 2.05) is 24.3 Å². The number of alkyl halides is 3. The number of carbonyl (C=O) groups excluding carboxylic acids is 2. The maximum atomic E-state index is 13.9. The van der Waals surface area contributed by atoms with Gasteiger partial charge in [0.05, 0.1) is 6.54 Å². The van der Waals surface area contributed by atoms with Crippen molar-refractivity contribution in [1.82, 2.24) is 25.9 Å². The van der Waals surface area contributed by atoms with Crippen LogP contribution in [0.4, 0.5) is 29.6 Å². The monoisotopic (exact) mass is 667 g/mol. The van der Waals surface area contributed by atoms with E-state index in [1.165, 1.54) is 24.1 Å². The summed E-state index contributed by atoms with van der Waals surface area (Å²) in [7, 11) is 0. The number of allylic oxidation sites excluding steroid dienone is 2. The Hall–Kier alpha value is -5.98. The number of amides is 3. The molecule has 1 heterocycles. The maximum absolute atomic E-state index is 13.9. The van der Waals surface area contributed by atoms with Gasteiger partial charge in [-0.3, -0.25) is 15.0 Å². The predicted molar refractivity (Wildman–Crippen MR) is 178 cm³/mol. The minimum absolute atomic E-state index is 0.0338. The molecule has 0 unspecified atom stereocenters. The number of rotatable bonds is 10. The van der Waals surface area contributed by atoms with Crippen LogP contribution in [0.1, 0.15) is 52.7 Å². The van der Waals surface area contributed by atoms with Gasteiger partial charge >= 0.3 is 12.4 Å². The van der Waals surface area contributed by atoms with Crippen LogP contribution in [0, 0.1) is 0 Å². The first-order valence-corrected chi connectivity index (χ1v) is 15.6. The van der Waals surface area contributed by atoms with Gasteiger partial charge in [-0.25, -0.2) is 4.79 Å². The van der Waals surface area contributed by atoms with Crippen LogP contribution in [0.25, 0.3) is 16.7 Å². The van der Waals surface area contributed by atoms with E-state index in [1.54, 1.807) is 65.6 Å². The lowest BCUT2D eigenvalue weighted by Crippen LogP contribution is -2.39. The summed E-state index contributed by atoms with van der Waals surface area (Å²) in [5.41, 5.74) is 5.50. The van der Waals surface area contributed by atoms with Crippen molar-refractivity contribution >= 4 is 29.1 Å². The van der Waals surface area contributed by atoms with Crippen LogP contribution in [0.15, 0.2) is 103 Å². The maximum Gasteiger partial charge on any atom is 0.573 e. The Bertz CT molecular complexity index is 1930. The highest BCUT2D eigenvalue weighted by molar-refractivity contribution is 6.03. The number of nitrogens with zero attached hydrogens (tertiary/aromatic N) is 4. The van der Waals surface area contributed by atoms with Crippen LogP contribution >= 0.6 is 0 Å². The Labute approximate surface area is 280 Å². The van der Waals surface area contributed by atoms with Gasteiger partial charge in [0.1, 0.15) is 5.75 Å². The van der Waals surface area contributed by atoms with Gasteiger partial charge in [0.25, 0.3) is 11.9 Å². The SMILES string of the molecule is O=C(Nc1nn[nH]n1)c1ccc(CN(C(=O)NCc2ccccc2-c2ccccc2OC(F)(F)F)c2ccc(C3=CCCCC3)cc2)cc1. The lowest BCUT2D eigenvalue weighted by molar-refractivity contribution is -0.274. The standard InChI is InChI=1S/C36H32F3N7O3/c37-36(38,39)49-32-13-7-6-12-31(32)30-11-5-4-10-28(30)22-40-35(48)46(29-20-18-26(19-21-29)25-8-2-1-3-9-25)23-24-14-16-27(17-15-24)33(47)41-34-42-44-45-43-34/h4-8,10-21H,1-3,9,22-23H2,(H,40,48)(H2,41,42,43,44,45,47). The number of para-hydroxylation sites is 1. The molecule has 3 amide bonds. The zero-order chi connectivity index (χ0) is 34.2. The summed E-state index contributed by atoms with van der Waals surface area (Å²) in [4.78, 5) is 28.1. The van der Waals surface area contributed by atoms with Crippen molar-refractivity contribution in [3.8, 4) is 16.9 Å². The summed E-state index contributed by atoms with van der Waals surface area (Å²) in [6.45, 7) is 0.205. The van der Waals surface area contributed by atoms with E-state index in [2.05, 4.69) is 42.1 Å². The highest BCUT2D eigenvalue weighted by atomic mass is 19.4. The van der Waals surface area contributed by atoms with Crippen LogP contribution < -0.4 is 20.3 Å². The number of anilines is 2. The Balaban J connectivity index is 1.23. The van der Waals surface area contributed by atoms with Gasteiger partial charge in [-0.2, -0.15) is 5.21 Å². The molecule has 4 aromatic carbocycles. The predicted octanol–water partition coefficient (Wildman–Crippen LogP) is 7.89. The zero-order valence-electron chi connectivity index (χ0n) is 26.2. The van der Waals surface area contributed by atoms with Crippen LogP contribution in [0.3, 0.4) is 0 Å². The van der Waals surface area contributed by atoms with E-state index in [4.69, 9.17) is 0 Å². The number of nitrogens with one attached hydrogen (secondary N) is 3. The van der Waals surface area contributed by atoms with Gasteiger partial charge < -0.3 is 10.1 Å². The number of carbonyl (C=O) groups is 2. The fraction of sp³-hybridized carbons (Fsp3) is 0.194. The fourth-order valence-corrected chi connectivity index (χ4v) is 5.68. The Morgan fingerprint density at radius 2 is 1.61 bits per heavy atom. The molecule has 0 saturated heterocycles. The normalized spacial score (nSPS) is 12.9. The number of tetrazole rings is 1. The van der Waals surface area contributed by atoms with E-state index in [9.17, 15) is 22.8 Å². The van der Waals surface area contributed by atoms with E-state index >= 15 is 0 Å². The summed E-state index contributed by atoms with van der Waals surface area (Å²) in [5, 5.41) is 18.6. The molecule has 1 aliphatic carbocycles. The molecule has 5 aromatic rings.